The molecule has 2 heterocycles. The maximum absolute atomic E-state index is 12.1. The van der Waals surface area contributed by atoms with E-state index in [2.05, 4.69) is 28.2 Å². The summed E-state index contributed by atoms with van der Waals surface area (Å²) in [5.74, 6) is -0.204. The standard InChI is InChI=1S/C15H21F2NO2.C14H20F2N2O2.C12H16F2O5S.20W/c1-11(10-18-8-2-3-9-18)14(19)12-4-6-13(7-5-12)20-15(16)17;15-14(16)20-11-5-3-10(4-6-11)13(19)12(17)9-18-7-1-2-8-18;1-8(7-18-20(2,16)17)11(15)9-3-5-10(6-4-9)19-12(13)14;;;;;;;;;;;;;;;;;;;;/h4-7,11,14-15,19H,2-3,8-10H2,1H3;3-6,12-14,19H,1-2,7-9,17H2;3-6,8,11-12,15H,7H2,1-2H3;;;;;;;;;;;;;;;;;;;;/t11-,14+;12-,13-;8-,11+;;;;;;;;;;;;;;;;;;;;/m111..................../s1. The van der Waals surface area contributed by atoms with Crippen molar-refractivity contribution in [3.05, 3.63) is 89.5 Å². The number of hydrogen-bond donors (Lipinski definition) is 4. The molecule has 0 amide bonds. The van der Waals surface area contributed by atoms with Crippen molar-refractivity contribution in [2.24, 2.45) is 17.6 Å². The van der Waals surface area contributed by atoms with Crippen molar-refractivity contribution >= 4 is 10.1 Å². The fourth-order valence-electron chi connectivity index (χ4n) is 6.60. The van der Waals surface area contributed by atoms with Gasteiger partial charge in [0.15, 0.2) is 0 Å². The molecule has 0 aliphatic carbocycles. The van der Waals surface area contributed by atoms with E-state index in [9.17, 15) is 50.1 Å². The van der Waals surface area contributed by atoms with Gasteiger partial charge in [-0.25, -0.2) is 0 Å². The zero-order valence-electron chi connectivity index (χ0n) is 42.0. The summed E-state index contributed by atoms with van der Waals surface area (Å²) in [6, 6.07) is 17.2. The molecule has 5 N–H and O–H groups in total. The van der Waals surface area contributed by atoms with Crippen LogP contribution in [0.25, 0.3) is 0 Å². The van der Waals surface area contributed by atoms with Crippen LogP contribution in [0.15, 0.2) is 72.8 Å². The second-order valence-corrected chi connectivity index (χ2v) is 16.4. The van der Waals surface area contributed by atoms with E-state index < -0.39 is 60.2 Å². The molecule has 39 heteroatoms. The summed E-state index contributed by atoms with van der Waals surface area (Å²) < 4.78 is 111. The number of alkyl halides is 6. The number of ether oxygens (including phenoxy) is 3. The van der Waals surface area contributed by atoms with Crippen LogP contribution in [0.4, 0.5) is 26.3 Å². The van der Waals surface area contributed by atoms with Crippen LogP contribution >= 0.6 is 0 Å². The Balaban J connectivity index is -0.0000000400. The average molecular weight is 4560 g/mol. The largest absolute Gasteiger partial charge is 0.435 e. The Hall–Kier alpha value is 10.1. The van der Waals surface area contributed by atoms with Crippen molar-refractivity contribution in [1.29, 1.82) is 0 Å². The van der Waals surface area contributed by atoms with Crippen LogP contribution in [0.1, 0.15) is 74.5 Å². The van der Waals surface area contributed by atoms with Gasteiger partial charge in [0.2, 0.25) is 0 Å². The van der Waals surface area contributed by atoms with Crippen molar-refractivity contribution < 1.29 is 490 Å². The molecule has 0 bridgehead atoms. The van der Waals surface area contributed by atoms with Crippen LogP contribution in [-0.4, -0.2) is 112 Å². The molecule has 458 valence electrons. The van der Waals surface area contributed by atoms with E-state index in [0.717, 1.165) is 44.5 Å². The van der Waals surface area contributed by atoms with Gasteiger partial charge in [0.25, 0.3) is 10.1 Å². The molecule has 80 heavy (non-hydrogen) atoms. The second-order valence-electron chi connectivity index (χ2n) is 14.8. The Labute approximate surface area is 755 Å². The Morgan fingerprint density at radius 1 is 0.438 bits per heavy atom. The van der Waals surface area contributed by atoms with E-state index in [1.54, 1.807) is 31.2 Å². The van der Waals surface area contributed by atoms with Crippen LogP contribution in [-0.2, 0) is 436 Å². The fourth-order valence-corrected chi connectivity index (χ4v) is 7.06. The van der Waals surface area contributed by atoms with Crippen molar-refractivity contribution in [2.75, 3.05) is 52.1 Å². The fraction of sp³-hybridized carbons (Fsp3) is 0.561. The minimum atomic E-state index is -3.57. The Morgan fingerprint density at radius 2 is 0.675 bits per heavy atom. The van der Waals surface area contributed by atoms with Crippen molar-refractivity contribution in [3.8, 4) is 17.2 Å². The number of rotatable bonds is 19. The van der Waals surface area contributed by atoms with Gasteiger partial charge in [0.1, 0.15) is 17.2 Å². The van der Waals surface area contributed by atoms with Gasteiger partial charge in [0.05, 0.1) is 31.2 Å². The molecule has 2 fully saturated rings. The van der Waals surface area contributed by atoms with E-state index in [4.69, 9.17) is 5.73 Å². The maximum atomic E-state index is 12.1. The normalized spacial score (nSPS) is 13.4. The van der Waals surface area contributed by atoms with Crippen molar-refractivity contribution in [2.45, 2.75) is 83.7 Å². The van der Waals surface area contributed by atoms with Gasteiger partial charge in [-0.05, 0) is 111 Å². The Kier molecular flexibility index (Phi) is 134. The number of aliphatic hydroxyl groups excluding tert-OH is 3. The minimum absolute atomic E-state index is 0. The number of likely N-dealkylation sites (tertiary alicyclic amines) is 2. The smallest absolute Gasteiger partial charge is 0.387 e. The number of hydrogen-bond acceptors (Lipinski definition) is 12. The van der Waals surface area contributed by atoms with Crippen LogP contribution < -0.4 is 19.9 Å². The first kappa shape index (κ1) is 138. The third-order valence-electron chi connectivity index (χ3n) is 9.78. The predicted molar refractivity (Wildman–Crippen MR) is 213 cm³/mol. The predicted octanol–water partition coefficient (Wildman–Crippen LogP) is 6.68. The van der Waals surface area contributed by atoms with Crippen molar-refractivity contribution in [1.82, 2.24) is 9.80 Å². The first-order valence-corrected chi connectivity index (χ1v) is 21.4. The molecular weight excluding hydrogens is 4500 g/mol. The van der Waals surface area contributed by atoms with Crippen LogP contribution in [0.3, 0.4) is 0 Å². The molecule has 0 aromatic heterocycles. The number of nitrogens with two attached hydrogens (primary N) is 1. The van der Waals surface area contributed by atoms with Gasteiger partial charge in [-0.3, -0.25) is 4.18 Å². The molecule has 6 atom stereocenters. The first-order chi connectivity index (χ1) is 28.3. The van der Waals surface area contributed by atoms with Crippen LogP contribution in [0, 0.1) is 11.8 Å². The summed E-state index contributed by atoms with van der Waals surface area (Å²) in [5.41, 5.74) is 7.80. The second kappa shape index (κ2) is 78.1. The third-order valence-corrected chi connectivity index (χ3v) is 10.3. The zero-order valence-corrected chi connectivity index (χ0v) is 101. The molecule has 0 spiro atoms. The number of nitrogens with zero attached hydrogens (tertiary/aromatic N) is 2. The summed E-state index contributed by atoms with van der Waals surface area (Å²) in [5, 5.41) is 30.5. The summed E-state index contributed by atoms with van der Waals surface area (Å²) in [7, 11) is -3.57. The molecule has 2 aliphatic heterocycles. The van der Waals surface area contributed by atoms with Gasteiger partial charge in [-0.2, -0.15) is 34.8 Å². The molecule has 3 aromatic rings. The molecule has 2 saturated heterocycles. The van der Waals surface area contributed by atoms with E-state index >= 15 is 0 Å². The van der Waals surface area contributed by atoms with E-state index in [-0.39, 0.29) is 451 Å². The van der Waals surface area contributed by atoms with Gasteiger partial charge < -0.3 is 45.1 Å². The molecular formula is C41H57F6N3O9SW20. The zero-order chi connectivity index (χ0) is 44.4. The molecule has 3 aromatic carbocycles. The molecule has 2 aliphatic rings. The van der Waals surface area contributed by atoms with E-state index in [1.807, 2.05) is 6.92 Å². The summed E-state index contributed by atoms with van der Waals surface area (Å²) >= 11 is 0. The molecule has 0 radical (unpaired) electrons. The maximum Gasteiger partial charge on any atom is 0.387 e. The molecule has 12 nitrogen and oxygen atoms in total. The first-order valence-electron chi connectivity index (χ1n) is 19.5. The SMILES string of the molecule is C[C@H](CN1CCCC1)[C@H](O)c1ccc(OC(F)F)cc1.C[C@H](COS(C)(=O)=O)[C@H](O)c1ccc(OC(F)F)cc1.N[C@H](CN1CCCC1)[C@H](O)c1ccc(OC(F)F)cc1.[W].[W].[W].[W].[W].[W].[W].[W].[W].[W].[W].[W].[W].[W].[W].[W].[W].[W].[W].[W]. The average Bonchev–Trinajstić information content (AvgIpc) is 3.91. The van der Waals surface area contributed by atoms with E-state index in [0.29, 0.717) is 17.7 Å². The Morgan fingerprint density at radius 3 is 0.925 bits per heavy atom. The van der Waals surface area contributed by atoms with Gasteiger partial charge in [-0.1, -0.05) is 50.2 Å². The quantitative estimate of drug-likeness (QED) is 0.0745. The van der Waals surface area contributed by atoms with Gasteiger partial charge in [-0.15, -0.1) is 0 Å². The monoisotopic (exact) mass is 4560 g/mol. The number of benzene rings is 3. The van der Waals surface area contributed by atoms with Gasteiger partial charge in [0, 0.05) is 446 Å². The Bertz CT molecular complexity index is 1720. The number of halogens is 6. The van der Waals surface area contributed by atoms with Crippen molar-refractivity contribution in [3.63, 3.8) is 0 Å². The summed E-state index contributed by atoms with van der Waals surface area (Å²) in [6.07, 6.45) is 3.34. The van der Waals surface area contributed by atoms with Gasteiger partial charge >= 0.3 is 19.8 Å². The summed E-state index contributed by atoms with van der Waals surface area (Å²) in [4.78, 5) is 4.57. The topological polar surface area (TPSA) is 164 Å². The summed E-state index contributed by atoms with van der Waals surface area (Å²) in [6.45, 7) is 0.587. The van der Waals surface area contributed by atoms with E-state index in [1.165, 1.54) is 74.2 Å². The number of aliphatic hydroxyl groups is 3. The molecule has 0 saturated carbocycles. The molecule has 5 rings (SSSR count). The van der Waals surface area contributed by atoms with Crippen LogP contribution in [0.2, 0.25) is 0 Å². The minimum Gasteiger partial charge on any atom is -0.435 e. The molecule has 0 unspecified atom stereocenters. The third kappa shape index (κ3) is 61.7. The van der Waals surface area contributed by atoms with Crippen LogP contribution in [0.5, 0.6) is 17.2 Å².